The van der Waals surface area contributed by atoms with Crippen LogP contribution in [-0.2, 0) is 6.42 Å². The van der Waals surface area contributed by atoms with Crippen LogP contribution in [0.5, 0.6) is 0 Å². The standard InChI is InChI=1S/C10H12F2/c1-7(2)3-8-4-9(11)6-10(12)5-8/h4-7H,3H2,1-2H3. The highest BCUT2D eigenvalue weighted by Gasteiger charge is 2.02. The van der Waals surface area contributed by atoms with Crippen molar-refractivity contribution in [2.45, 2.75) is 20.3 Å². The molecule has 0 aliphatic carbocycles. The number of benzene rings is 1. The van der Waals surface area contributed by atoms with E-state index in [0.717, 1.165) is 11.6 Å². The third-order valence-electron chi connectivity index (χ3n) is 1.57. The van der Waals surface area contributed by atoms with Crippen molar-refractivity contribution in [1.82, 2.24) is 0 Å². The van der Waals surface area contributed by atoms with E-state index in [9.17, 15) is 8.78 Å². The average Bonchev–Trinajstić information content (AvgIpc) is 1.81. The van der Waals surface area contributed by atoms with E-state index in [0.29, 0.717) is 12.3 Å². The van der Waals surface area contributed by atoms with Gasteiger partial charge in [-0.1, -0.05) is 13.8 Å². The summed E-state index contributed by atoms with van der Waals surface area (Å²) >= 11 is 0. The van der Waals surface area contributed by atoms with E-state index in [4.69, 9.17) is 0 Å². The maximum atomic E-state index is 12.6. The lowest BCUT2D eigenvalue weighted by Gasteiger charge is -2.04. The van der Waals surface area contributed by atoms with Gasteiger partial charge in [-0.2, -0.15) is 0 Å². The lowest BCUT2D eigenvalue weighted by molar-refractivity contribution is 0.571. The Labute approximate surface area is 71.2 Å². The van der Waals surface area contributed by atoms with Crippen molar-refractivity contribution >= 4 is 0 Å². The van der Waals surface area contributed by atoms with Gasteiger partial charge in [0.25, 0.3) is 0 Å². The molecule has 0 unspecified atom stereocenters. The average molecular weight is 170 g/mol. The lowest BCUT2D eigenvalue weighted by Crippen LogP contribution is -1.95. The predicted molar refractivity (Wildman–Crippen MR) is 44.9 cm³/mol. The highest BCUT2D eigenvalue weighted by atomic mass is 19.1. The Morgan fingerprint density at radius 1 is 1.08 bits per heavy atom. The summed E-state index contributed by atoms with van der Waals surface area (Å²) in [6.07, 6.45) is 0.717. The smallest absolute Gasteiger partial charge is 0.126 e. The third-order valence-corrected chi connectivity index (χ3v) is 1.57. The summed E-state index contributed by atoms with van der Waals surface area (Å²) in [5.74, 6) is -0.567. The Kier molecular flexibility index (Phi) is 2.79. The normalized spacial score (nSPS) is 10.8. The molecule has 0 aliphatic heterocycles. The van der Waals surface area contributed by atoms with E-state index >= 15 is 0 Å². The first-order valence-electron chi connectivity index (χ1n) is 4.03. The van der Waals surface area contributed by atoms with Crippen LogP contribution in [0.25, 0.3) is 0 Å². The molecule has 0 amide bonds. The fourth-order valence-electron chi connectivity index (χ4n) is 1.20. The fourth-order valence-corrected chi connectivity index (χ4v) is 1.20. The van der Waals surface area contributed by atoms with Crippen molar-refractivity contribution in [2.75, 3.05) is 0 Å². The lowest BCUT2D eigenvalue weighted by atomic mass is 10.0. The van der Waals surface area contributed by atoms with Gasteiger partial charge in [0.15, 0.2) is 0 Å². The van der Waals surface area contributed by atoms with Crippen LogP contribution < -0.4 is 0 Å². The van der Waals surface area contributed by atoms with Gasteiger partial charge in [0.2, 0.25) is 0 Å². The molecule has 12 heavy (non-hydrogen) atoms. The molecule has 1 aromatic rings. The van der Waals surface area contributed by atoms with Crippen LogP contribution in [0.2, 0.25) is 0 Å². The second-order valence-electron chi connectivity index (χ2n) is 3.38. The second kappa shape index (κ2) is 3.65. The van der Waals surface area contributed by atoms with E-state index in [-0.39, 0.29) is 0 Å². The molecule has 0 aromatic heterocycles. The van der Waals surface area contributed by atoms with Gasteiger partial charge >= 0.3 is 0 Å². The van der Waals surface area contributed by atoms with E-state index < -0.39 is 11.6 Å². The van der Waals surface area contributed by atoms with E-state index in [1.54, 1.807) is 0 Å². The largest absolute Gasteiger partial charge is 0.207 e. The summed E-state index contributed by atoms with van der Waals surface area (Å²) in [6.45, 7) is 4.03. The van der Waals surface area contributed by atoms with Crippen molar-refractivity contribution in [3.8, 4) is 0 Å². The van der Waals surface area contributed by atoms with Crippen LogP contribution in [0.4, 0.5) is 8.78 Å². The zero-order chi connectivity index (χ0) is 9.14. The van der Waals surface area contributed by atoms with Crippen LogP contribution >= 0.6 is 0 Å². The summed E-state index contributed by atoms with van der Waals surface area (Å²) in [7, 11) is 0. The topological polar surface area (TPSA) is 0 Å². The van der Waals surface area contributed by atoms with Gasteiger partial charge < -0.3 is 0 Å². The highest BCUT2D eigenvalue weighted by Crippen LogP contribution is 2.11. The van der Waals surface area contributed by atoms with Crippen LogP contribution in [0.15, 0.2) is 18.2 Å². The minimum Gasteiger partial charge on any atom is -0.207 e. The molecule has 0 fully saturated rings. The fraction of sp³-hybridized carbons (Fsp3) is 0.400. The molecule has 1 rings (SSSR count). The van der Waals surface area contributed by atoms with Crippen LogP contribution in [0, 0.1) is 17.6 Å². The van der Waals surface area contributed by atoms with Gasteiger partial charge in [-0.3, -0.25) is 0 Å². The third kappa shape index (κ3) is 2.61. The van der Waals surface area contributed by atoms with Gasteiger partial charge in [0, 0.05) is 6.07 Å². The monoisotopic (exact) mass is 170 g/mol. The molecule has 0 spiro atoms. The number of rotatable bonds is 2. The summed E-state index contributed by atoms with van der Waals surface area (Å²) in [4.78, 5) is 0. The van der Waals surface area contributed by atoms with Crippen LogP contribution in [0.1, 0.15) is 19.4 Å². The molecule has 1 aromatic carbocycles. The van der Waals surface area contributed by atoms with Crippen molar-refractivity contribution < 1.29 is 8.78 Å². The SMILES string of the molecule is CC(C)Cc1cc(F)cc(F)c1. The molecule has 0 aliphatic rings. The molecule has 0 bridgehead atoms. The number of hydrogen-bond donors (Lipinski definition) is 0. The zero-order valence-corrected chi connectivity index (χ0v) is 7.27. The van der Waals surface area contributed by atoms with Crippen molar-refractivity contribution in [1.29, 1.82) is 0 Å². The summed E-state index contributed by atoms with van der Waals surface area (Å²) in [5, 5.41) is 0. The molecular formula is C10H12F2. The van der Waals surface area contributed by atoms with Gasteiger partial charge in [-0.05, 0) is 30.0 Å². The molecule has 0 radical (unpaired) electrons. The summed E-state index contributed by atoms with van der Waals surface area (Å²) < 4.78 is 25.3. The molecule has 0 atom stereocenters. The van der Waals surface area contributed by atoms with E-state index in [2.05, 4.69) is 0 Å². The summed E-state index contributed by atoms with van der Waals surface area (Å²) in [5.41, 5.74) is 0.725. The molecule has 0 N–H and O–H groups in total. The molecule has 0 saturated heterocycles. The van der Waals surface area contributed by atoms with Crippen molar-refractivity contribution in [2.24, 2.45) is 5.92 Å². The molecule has 0 saturated carbocycles. The van der Waals surface area contributed by atoms with E-state index in [1.807, 2.05) is 13.8 Å². The Balaban J connectivity index is 2.85. The van der Waals surface area contributed by atoms with Gasteiger partial charge in [0.05, 0.1) is 0 Å². The van der Waals surface area contributed by atoms with Gasteiger partial charge in [0.1, 0.15) is 11.6 Å². The molecule has 2 heteroatoms. The van der Waals surface area contributed by atoms with Crippen LogP contribution in [0.3, 0.4) is 0 Å². The molecule has 0 nitrogen and oxygen atoms in total. The molecule has 66 valence electrons. The first-order chi connectivity index (χ1) is 5.58. The van der Waals surface area contributed by atoms with Gasteiger partial charge in [-0.15, -0.1) is 0 Å². The Morgan fingerprint density at radius 2 is 1.58 bits per heavy atom. The minimum atomic E-state index is -0.495. The number of halogens is 2. The van der Waals surface area contributed by atoms with Crippen molar-refractivity contribution in [3.05, 3.63) is 35.4 Å². The van der Waals surface area contributed by atoms with Crippen LogP contribution in [-0.4, -0.2) is 0 Å². The minimum absolute atomic E-state index is 0.422. The highest BCUT2D eigenvalue weighted by molar-refractivity contribution is 5.18. The molecular weight excluding hydrogens is 158 g/mol. The maximum Gasteiger partial charge on any atom is 0.126 e. The molecule has 0 heterocycles. The Morgan fingerprint density at radius 3 is 2.00 bits per heavy atom. The maximum absolute atomic E-state index is 12.6. The first-order valence-corrected chi connectivity index (χ1v) is 4.03. The van der Waals surface area contributed by atoms with Crippen molar-refractivity contribution in [3.63, 3.8) is 0 Å². The van der Waals surface area contributed by atoms with E-state index in [1.165, 1.54) is 12.1 Å². The van der Waals surface area contributed by atoms with Gasteiger partial charge in [-0.25, -0.2) is 8.78 Å². The quantitative estimate of drug-likeness (QED) is 0.639. The Bertz CT molecular complexity index is 246. The Hall–Kier alpha value is -0.920. The predicted octanol–water partition coefficient (Wildman–Crippen LogP) is 3.16. The second-order valence-corrected chi connectivity index (χ2v) is 3.38. The zero-order valence-electron chi connectivity index (χ0n) is 7.27. The number of hydrogen-bond acceptors (Lipinski definition) is 0. The first kappa shape index (κ1) is 9.17. The summed E-state index contributed by atoms with van der Waals surface area (Å²) in [6, 6.07) is 3.65.